The Kier molecular flexibility index (Phi) is 4.02. The van der Waals surface area contributed by atoms with Gasteiger partial charge in [-0.1, -0.05) is 12.1 Å². The topological polar surface area (TPSA) is 65.5 Å². The zero-order chi connectivity index (χ0) is 15.5. The van der Waals surface area contributed by atoms with Crippen molar-refractivity contribution in [2.45, 2.75) is 19.4 Å². The molecule has 6 heteroatoms. The summed E-state index contributed by atoms with van der Waals surface area (Å²) in [4.78, 5) is 17.7. The molecule has 1 amide bonds. The van der Waals surface area contributed by atoms with Crippen LogP contribution in [0, 0.1) is 5.82 Å². The van der Waals surface area contributed by atoms with E-state index in [2.05, 4.69) is 4.98 Å². The lowest BCUT2D eigenvalue weighted by Gasteiger charge is -2.30. The molecule has 114 valence electrons. The number of benzene rings is 1. The van der Waals surface area contributed by atoms with Gasteiger partial charge in [-0.15, -0.1) is 0 Å². The van der Waals surface area contributed by atoms with Crippen molar-refractivity contribution >= 4 is 11.7 Å². The molecule has 0 saturated heterocycles. The Morgan fingerprint density at radius 3 is 3.05 bits per heavy atom. The summed E-state index contributed by atoms with van der Waals surface area (Å²) >= 11 is 0. The van der Waals surface area contributed by atoms with Crippen LogP contribution in [0.4, 0.5) is 10.2 Å². The molecule has 0 aliphatic carbocycles. The van der Waals surface area contributed by atoms with Crippen LogP contribution in [0.5, 0.6) is 0 Å². The second kappa shape index (κ2) is 6.11. The molecule has 1 aromatic carbocycles. The van der Waals surface area contributed by atoms with Crippen LogP contribution in [0.3, 0.4) is 0 Å². The fourth-order valence-corrected chi connectivity index (χ4v) is 2.72. The summed E-state index contributed by atoms with van der Waals surface area (Å²) in [6.45, 7) is 1.22. The molecule has 0 radical (unpaired) electrons. The van der Waals surface area contributed by atoms with Gasteiger partial charge in [0.25, 0.3) is 5.91 Å². The molecular weight excluding hydrogens is 285 g/mol. The van der Waals surface area contributed by atoms with Gasteiger partial charge in [-0.05, 0) is 36.6 Å². The monoisotopic (exact) mass is 301 g/mol. The summed E-state index contributed by atoms with van der Waals surface area (Å²) in [5.41, 5.74) is 3.25. The van der Waals surface area contributed by atoms with Gasteiger partial charge in [-0.3, -0.25) is 10.0 Å². The van der Waals surface area contributed by atoms with Gasteiger partial charge in [0, 0.05) is 30.4 Å². The molecule has 0 fully saturated rings. The Balaban J connectivity index is 1.84. The van der Waals surface area contributed by atoms with Crippen molar-refractivity contribution in [2.75, 3.05) is 11.4 Å². The maximum atomic E-state index is 14.2. The van der Waals surface area contributed by atoms with E-state index < -0.39 is 11.7 Å². The molecule has 0 unspecified atom stereocenters. The van der Waals surface area contributed by atoms with Gasteiger partial charge in [-0.25, -0.2) is 14.9 Å². The Labute approximate surface area is 127 Å². The van der Waals surface area contributed by atoms with Gasteiger partial charge in [-0.2, -0.15) is 0 Å². The number of hydrogen-bond acceptors (Lipinski definition) is 4. The molecule has 5 nitrogen and oxygen atoms in total. The van der Waals surface area contributed by atoms with E-state index in [1.54, 1.807) is 12.3 Å². The molecule has 2 aromatic rings. The third-order valence-corrected chi connectivity index (χ3v) is 3.82. The van der Waals surface area contributed by atoms with Gasteiger partial charge in [0.05, 0.1) is 0 Å². The molecule has 0 spiro atoms. The minimum atomic E-state index is -0.726. The van der Waals surface area contributed by atoms with Gasteiger partial charge in [0.1, 0.15) is 11.6 Å². The number of hydrogen-bond donors (Lipinski definition) is 2. The first-order valence-corrected chi connectivity index (χ1v) is 7.11. The van der Waals surface area contributed by atoms with Crippen LogP contribution in [0.2, 0.25) is 0 Å². The van der Waals surface area contributed by atoms with Crippen molar-refractivity contribution in [2.24, 2.45) is 0 Å². The third kappa shape index (κ3) is 2.78. The van der Waals surface area contributed by atoms with Crippen molar-refractivity contribution in [3.05, 3.63) is 59.0 Å². The number of nitrogens with zero attached hydrogens (tertiary/aromatic N) is 2. The molecule has 0 saturated carbocycles. The molecule has 0 atom stereocenters. The lowest BCUT2D eigenvalue weighted by molar-refractivity contribution is 0.0706. The smallest absolute Gasteiger partial charge is 0.274 e. The van der Waals surface area contributed by atoms with Gasteiger partial charge < -0.3 is 4.90 Å². The Morgan fingerprint density at radius 1 is 1.41 bits per heavy atom. The lowest BCUT2D eigenvalue weighted by atomic mass is 10.0. The number of halogens is 1. The minimum Gasteiger partial charge on any atom is -0.352 e. The Bertz CT molecular complexity index is 706. The average molecular weight is 301 g/mol. The summed E-state index contributed by atoms with van der Waals surface area (Å²) < 4.78 is 14.2. The number of nitrogens with one attached hydrogen (secondary N) is 1. The second-order valence-corrected chi connectivity index (χ2v) is 5.26. The number of aromatic nitrogens is 1. The molecule has 2 N–H and O–H groups in total. The molecule has 3 rings (SSSR count). The van der Waals surface area contributed by atoms with Gasteiger partial charge in [0.2, 0.25) is 0 Å². The SMILES string of the molecule is O=C(NO)c1ccc(CN2CCCc3cccnc32)c(F)c1. The fraction of sp³-hybridized carbons (Fsp3) is 0.250. The van der Waals surface area contributed by atoms with Crippen molar-refractivity contribution in [1.82, 2.24) is 10.5 Å². The first-order valence-electron chi connectivity index (χ1n) is 7.11. The van der Waals surface area contributed by atoms with Crippen LogP contribution in [-0.2, 0) is 13.0 Å². The Hall–Kier alpha value is -2.47. The van der Waals surface area contributed by atoms with E-state index in [1.807, 2.05) is 17.0 Å². The highest BCUT2D eigenvalue weighted by atomic mass is 19.1. The maximum absolute atomic E-state index is 14.2. The first-order chi connectivity index (χ1) is 10.7. The molecule has 22 heavy (non-hydrogen) atoms. The zero-order valence-corrected chi connectivity index (χ0v) is 11.9. The predicted molar refractivity (Wildman–Crippen MR) is 79.3 cm³/mol. The van der Waals surface area contributed by atoms with Crippen molar-refractivity contribution in [3.8, 4) is 0 Å². The summed E-state index contributed by atoms with van der Waals surface area (Å²) in [7, 11) is 0. The molecular formula is C16H16FN3O2. The first kappa shape index (κ1) is 14.5. The van der Waals surface area contributed by atoms with Gasteiger partial charge in [0.15, 0.2) is 0 Å². The lowest BCUT2D eigenvalue weighted by Crippen LogP contribution is -2.30. The molecule has 1 aromatic heterocycles. The third-order valence-electron chi connectivity index (χ3n) is 3.82. The predicted octanol–water partition coefficient (Wildman–Crippen LogP) is 2.29. The van der Waals surface area contributed by atoms with E-state index in [1.165, 1.54) is 17.1 Å². The standard InChI is InChI=1S/C16H16FN3O2/c17-14-9-12(16(21)19-22)5-6-13(14)10-20-8-2-4-11-3-1-7-18-15(11)20/h1,3,5-7,9,22H,2,4,8,10H2,(H,19,21). The minimum absolute atomic E-state index is 0.0842. The highest BCUT2D eigenvalue weighted by Crippen LogP contribution is 2.26. The highest BCUT2D eigenvalue weighted by Gasteiger charge is 2.19. The fourth-order valence-electron chi connectivity index (χ4n) is 2.72. The number of amides is 1. The number of carbonyl (C=O) groups is 1. The number of aryl methyl sites for hydroxylation is 1. The van der Waals surface area contributed by atoms with Gasteiger partial charge >= 0.3 is 0 Å². The van der Waals surface area contributed by atoms with Crippen LogP contribution in [0.1, 0.15) is 27.9 Å². The van der Waals surface area contributed by atoms with Crippen LogP contribution in [0.25, 0.3) is 0 Å². The number of carbonyl (C=O) groups excluding carboxylic acids is 1. The molecule has 1 aliphatic rings. The van der Waals surface area contributed by atoms with E-state index >= 15 is 0 Å². The van der Waals surface area contributed by atoms with Crippen molar-refractivity contribution < 1.29 is 14.4 Å². The van der Waals surface area contributed by atoms with E-state index in [0.717, 1.165) is 31.3 Å². The number of rotatable bonds is 3. The van der Waals surface area contributed by atoms with E-state index in [0.29, 0.717) is 12.1 Å². The largest absolute Gasteiger partial charge is 0.352 e. The number of hydroxylamine groups is 1. The van der Waals surface area contributed by atoms with Crippen LogP contribution in [-0.4, -0.2) is 22.6 Å². The average Bonchev–Trinajstić information content (AvgIpc) is 2.56. The summed E-state index contributed by atoms with van der Waals surface area (Å²) in [5, 5.41) is 8.58. The summed E-state index contributed by atoms with van der Waals surface area (Å²) in [6, 6.07) is 8.14. The Morgan fingerprint density at radius 2 is 2.27 bits per heavy atom. The van der Waals surface area contributed by atoms with Crippen molar-refractivity contribution in [1.29, 1.82) is 0 Å². The zero-order valence-electron chi connectivity index (χ0n) is 11.9. The highest BCUT2D eigenvalue weighted by molar-refractivity contribution is 5.93. The number of pyridine rings is 1. The van der Waals surface area contributed by atoms with E-state index in [-0.39, 0.29) is 5.56 Å². The molecule has 2 heterocycles. The summed E-state index contributed by atoms with van der Waals surface area (Å²) in [5.74, 6) is -0.301. The van der Waals surface area contributed by atoms with E-state index in [4.69, 9.17) is 5.21 Å². The number of fused-ring (bicyclic) bond motifs is 1. The van der Waals surface area contributed by atoms with E-state index in [9.17, 15) is 9.18 Å². The molecule has 1 aliphatic heterocycles. The van der Waals surface area contributed by atoms with Crippen molar-refractivity contribution in [3.63, 3.8) is 0 Å². The maximum Gasteiger partial charge on any atom is 0.274 e. The number of anilines is 1. The summed E-state index contributed by atoms with van der Waals surface area (Å²) in [6.07, 6.45) is 3.73. The van der Waals surface area contributed by atoms with Crippen LogP contribution >= 0.6 is 0 Å². The second-order valence-electron chi connectivity index (χ2n) is 5.26. The van der Waals surface area contributed by atoms with Crippen LogP contribution in [0.15, 0.2) is 36.5 Å². The normalized spacial score (nSPS) is 13.6. The molecule has 0 bridgehead atoms. The van der Waals surface area contributed by atoms with Crippen LogP contribution < -0.4 is 10.4 Å². The quantitative estimate of drug-likeness (QED) is 0.674.